The predicted octanol–water partition coefficient (Wildman–Crippen LogP) is 1.57. The lowest BCUT2D eigenvalue weighted by molar-refractivity contribution is 1.12. The summed E-state index contributed by atoms with van der Waals surface area (Å²) in [7, 11) is 0. The highest BCUT2D eigenvalue weighted by atomic mass is 35.5. The molecule has 0 amide bonds. The molecule has 11 heavy (non-hydrogen) atoms. The van der Waals surface area contributed by atoms with Gasteiger partial charge in [-0.05, 0) is 18.2 Å². The summed E-state index contributed by atoms with van der Waals surface area (Å²) >= 11 is 0. The third-order valence-electron chi connectivity index (χ3n) is 1.46. The number of H-pyrrole nitrogens is 1. The van der Waals surface area contributed by atoms with Crippen LogP contribution in [0.3, 0.4) is 0 Å². The van der Waals surface area contributed by atoms with Crippen LogP contribution >= 0.6 is 12.4 Å². The second-order valence-electron chi connectivity index (χ2n) is 2.22. The summed E-state index contributed by atoms with van der Waals surface area (Å²) in [5.41, 5.74) is 7.34. The molecule has 3 nitrogen and oxygen atoms in total. The minimum absolute atomic E-state index is 0. The second kappa shape index (κ2) is 2.80. The Morgan fingerprint density at radius 2 is 2.18 bits per heavy atom. The molecule has 2 aromatic rings. The van der Waals surface area contributed by atoms with Crippen molar-refractivity contribution in [1.29, 1.82) is 0 Å². The van der Waals surface area contributed by atoms with E-state index in [1.54, 1.807) is 6.20 Å². The molecule has 1 aromatic heterocycles. The molecular formula is C7H8ClN3. The smallest absolute Gasteiger partial charge is 0.0651 e. The molecule has 0 fully saturated rings. The van der Waals surface area contributed by atoms with Gasteiger partial charge in [-0.3, -0.25) is 5.10 Å². The van der Waals surface area contributed by atoms with E-state index in [1.807, 2.05) is 18.2 Å². The minimum atomic E-state index is 0. The van der Waals surface area contributed by atoms with Crippen molar-refractivity contribution < 1.29 is 0 Å². The fourth-order valence-electron chi connectivity index (χ4n) is 0.961. The fourth-order valence-corrected chi connectivity index (χ4v) is 0.961. The molecule has 0 aliphatic rings. The number of hydrogen-bond acceptors (Lipinski definition) is 2. The third kappa shape index (κ3) is 1.28. The zero-order valence-corrected chi connectivity index (χ0v) is 6.56. The number of fused-ring (bicyclic) bond motifs is 1. The number of hydrogen-bond donors (Lipinski definition) is 2. The number of nitrogens with one attached hydrogen (secondary N) is 1. The number of aromatic nitrogens is 2. The van der Waals surface area contributed by atoms with Gasteiger partial charge in [0.2, 0.25) is 0 Å². The number of anilines is 1. The molecular weight excluding hydrogens is 162 g/mol. The number of rotatable bonds is 0. The van der Waals surface area contributed by atoms with Gasteiger partial charge in [0.05, 0.1) is 11.7 Å². The lowest BCUT2D eigenvalue weighted by Crippen LogP contribution is -1.81. The fraction of sp³-hybridized carbons (Fsp3) is 0. The first kappa shape index (κ1) is 7.88. The molecule has 3 N–H and O–H groups in total. The van der Waals surface area contributed by atoms with Crippen LogP contribution in [0.4, 0.5) is 5.69 Å². The van der Waals surface area contributed by atoms with Crippen molar-refractivity contribution in [3.05, 3.63) is 24.4 Å². The maximum absolute atomic E-state index is 5.54. The minimum Gasteiger partial charge on any atom is -0.399 e. The number of nitrogens with two attached hydrogens (primary N) is 1. The van der Waals surface area contributed by atoms with Crippen LogP contribution in [0.5, 0.6) is 0 Å². The van der Waals surface area contributed by atoms with Gasteiger partial charge in [0, 0.05) is 11.1 Å². The van der Waals surface area contributed by atoms with Gasteiger partial charge >= 0.3 is 0 Å². The molecule has 0 aliphatic heterocycles. The monoisotopic (exact) mass is 169 g/mol. The average molecular weight is 170 g/mol. The van der Waals surface area contributed by atoms with E-state index >= 15 is 0 Å². The number of nitrogen functional groups attached to an aromatic ring is 1. The van der Waals surface area contributed by atoms with Crippen molar-refractivity contribution in [3.8, 4) is 0 Å². The maximum Gasteiger partial charge on any atom is 0.0651 e. The summed E-state index contributed by atoms with van der Waals surface area (Å²) < 4.78 is 0. The van der Waals surface area contributed by atoms with Gasteiger partial charge in [-0.15, -0.1) is 12.4 Å². The van der Waals surface area contributed by atoms with Gasteiger partial charge < -0.3 is 5.73 Å². The third-order valence-corrected chi connectivity index (χ3v) is 1.46. The Balaban J connectivity index is 0.000000605. The van der Waals surface area contributed by atoms with Crippen molar-refractivity contribution in [2.45, 2.75) is 0 Å². The molecule has 0 spiro atoms. The van der Waals surface area contributed by atoms with Gasteiger partial charge in [0.25, 0.3) is 0 Å². The SMILES string of the molecule is Cl.Nc1ccc2[nH]ncc2c1. The first-order valence-electron chi connectivity index (χ1n) is 3.05. The molecule has 0 radical (unpaired) electrons. The summed E-state index contributed by atoms with van der Waals surface area (Å²) in [6.07, 6.45) is 1.76. The van der Waals surface area contributed by atoms with E-state index in [4.69, 9.17) is 5.73 Å². The van der Waals surface area contributed by atoms with Crippen molar-refractivity contribution >= 4 is 29.0 Å². The number of benzene rings is 1. The van der Waals surface area contributed by atoms with E-state index in [0.29, 0.717) is 0 Å². The molecule has 4 heteroatoms. The molecule has 2 rings (SSSR count). The Kier molecular flexibility index (Phi) is 2.01. The van der Waals surface area contributed by atoms with Gasteiger partial charge in [-0.25, -0.2) is 0 Å². The van der Waals surface area contributed by atoms with Crippen LogP contribution in [0.1, 0.15) is 0 Å². The highest BCUT2D eigenvalue weighted by molar-refractivity contribution is 5.85. The van der Waals surface area contributed by atoms with Crippen molar-refractivity contribution in [3.63, 3.8) is 0 Å². The Bertz CT molecular complexity index is 355. The lowest BCUT2D eigenvalue weighted by Gasteiger charge is -1.89. The van der Waals surface area contributed by atoms with Crippen LogP contribution in [0.2, 0.25) is 0 Å². The van der Waals surface area contributed by atoms with E-state index in [1.165, 1.54) is 0 Å². The zero-order chi connectivity index (χ0) is 6.97. The Hall–Kier alpha value is -1.22. The zero-order valence-electron chi connectivity index (χ0n) is 5.74. The van der Waals surface area contributed by atoms with Gasteiger partial charge in [0.1, 0.15) is 0 Å². The standard InChI is InChI=1S/C7H7N3.ClH/c8-6-1-2-7-5(3-6)4-9-10-7;/h1-4H,8H2,(H,9,10);1H. The summed E-state index contributed by atoms with van der Waals surface area (Å²) in [4.78, 5) is 0. The molecule has 0 atom stereocenters. The molecule has 0 saturated carbocycles. The number of aromatic amines is 1. The van der Waals surface area contributed by atoms with Crippen molar-refractivity contribution in [2.75, 3.05) is 5.73 Å². The molecule has 1 heterocycles. The van der Waals surface area contributed by atoms with Crippen LogP contribution < -0.4 is 5.73 Å². The molecule has 0 aliphatic carbocycles. The van der Waals surface area contributed by atoms with E-state index < -0.39 is 0 Å². The first-order chi connectivity index (χ1) is 4.86. The van der Waals surface area contributed by atoms with E-state index in [2.05, 4.69) is 10.2 Å². The van der Waals surface area contributed by atoms with E-state index in [-0.39, 0.29) is 12.4 Å². The quantitative estimate of drug-likeness (QED) is 0.589. The number of nitrogens with zero attached hydrogens (tertiary/aromatic N) is 1. The molecule has 0 saturated heterocycles. The largest absolute Gasteiger partial charge is 0.399 e. The highest BCUT2D eigenvalue weighted by Crippen LogP contribution is 2.13. The molecule has 1 aromatic carbocycles. The summed E-state index contributed by atoms with van der Waals surface area (Å²) in [5, 5.41) is 7.76. The summed E-state index contributed by atoms with van der Waals surface area (Å²) in [6, 6.07) is 5.65. The first-order valence-corrected chi connectivity index (χ1v) is 3.05. The van der Waals surface area contributed by atoms with Crippen LogP contribution in [0, 0.1) is 0 Å². The maximum atomic E-state index is 5.54. The number of halogens is 1. The Morgan fingerprint density at radius 3 is 3.00 bits per heavy atom. The van der Waals surface area contributed by atoms with Crippen molar-refractivity contribution in [1.82, 2.24) is 10.2 Å². The topological polar surface area (TPSA) is 54.7 Å². The second-order valence-corrected chi connectivity index (χ2v) is 2.22. The van der Waals surface area contributed by atoms with E-state index in [9.17, 15) is 0 Å². The van der Waals surface area contributed by atoms with Gasteiger partial charge in [0.15, 0.2) is 0 Å². The van der Waals surface area contributed by atoms with Crippen LogP contribution in [-0.2, 0) is 0 Å². The normalized spacial score (nSPS) is 9.45. The van der Waals surface area contributed by atoms with Crippen molar-refractivity contribution in [2.24, 2.45) is 0 Å². The lowest BCUT2D eigenvalue weighted by atomic mass is 10.2. The van der Waals surface area contributed by atoms with Crippen LogP contribution in [-0.4, -0.2) is 10.2 Å². The van der Waals surface area contributed by atoms with Gasteiger partial charge in [-0.2, -0.15) is 5.10 Å². The Labute approximate surface area is 70.0 Å². The van der Waals surface area contributed by atoms with Gasteiger partial charge in [-0.1, -0.05) is 0 Å². The highest BCUT2D eigenvalue weighted by Gasteiger charge is 1.92. The van der Waals surface area contributed by atoms with Crippen LogP contribution in [0.15, 0.2) is 24.4 Å². The molecule has 0 unspecified atom stereocenters. The van der Waals surface area contributed by atoms with Crippen LogP contribution in [0.25, 0.3) is 10.9 Å². The molecule has 0 bridgehead atoms. The Morgan fingerprint density at radius 1 is 1.36 bits per heavy atom. The van der Waals surface area contributed by atoms with E-state index in [0.717, 1.165) is 16.6 Å². The average Bonchev–Trinajstić information content (AvgIpc) is 2.33. The molecule has 58 valence electrons. The summed E-state index contributed by atoms with van der Waals surface area (Å²) in [6.45, 7) is 0. The predicted molar refractivity (Wildman–Crippen MR) is 47.8 cm³/mol. The summed E-state index contributed by atoms with van der Waals surface area (Å²) in [5.74, 6) is 0.